The Labute approximate surface area is 190 Å². The van der Waals surface area contributed by atoms with Gasteiger partial charge in [0.2, 0.25) is 5.89 Å². The molecule has 168 valence electrons. The van der Waals surface area contributed by atoms with Gasteiger partial charge in [0.15, 0.2) is 5.82 Å². The molecule has 1 saturated carbocycles. The first-order chi connectivity index (χ1) is 16.2. The van der Waals surface area contributed by atoms with E-state index in [0.29, 0.717) is 30.6 Å². The highest BCUT2D eigenvalue weighted by Gasteiger charge is 2.28. The summed E-state index contributed by atoms with van der Waals surface area (Å²) in [6.45, 7) is 0.425. The van der Waals surface area contributed by atoms with E-state index >= 15 is 0 Å². The SMILES string of the molecule is COc1ccc(-c2nc(CCNC(=O)Nc3ccc(-c4nnnn4C4CC4)cc3)co2)cc1. The minimum absolute atomic E-state index is 0.288. The minimum atomic E-state index is -0.288. The summed E-state index contributed by atoms with van der Waals surface area (Å²) in [5.41, 5.74) is 3.22. The van der Waals surface area contributed by atoms with Crippen LogP contribution in [0.15, 0.2) is 59.2 Å². The molecule has 0 atom stereocenters. The van der Waals surface area contributed by atoms with Crippen LogP contribution < -0.4 is 15.4 Å². The van der Waals surface area contributed by atoms with Gasteiger partial charge in [-0.3, -0.25) is 0 Å². The normalized spacial score (nSPS) is 13.0. The molecule has 1 aliphatic carbocycles. The molecule has 10 heteroatoms. The Morgan fingerprint density at radius 3 is 2.61 bits per heavy atom. The van der Waals surface area contributed by atoms with Crippen LogP contribution in [0, 0.1) is 0 Å². The second kappa shape index (κ2) is 9.11. The first-order valence-corrected chi connectivity index (χ1v) is 10.7. The van der Waals surface area contributed by atoms with Crippen molar-refractivity contribution in [2.75, 3.05) is 19.0 Å². The first-order valence-electron chi connectivity index (χ1n) is 10.7. The maximum atomic E-state index is 12.2. The van der Waals surface area contributed by atoms with Crippen LogP contribution in [0.3, 0.4) is 0 Å². The maximum absolute atomic E-state index is 12.2. The van der Waals surface area contributed by atoms with Gasteiger partial charge in [-0.2, -0.15) is 0 Å². The molecule has 2 N–H and O–H groups in total. The third kappa shape index (κ3) is 4.84. The molecule has 2 heterocycles. The standard InChI is InChI=1S/C23H23N7O3/c1-32-20-10-4-16(5-11-20)22-25-18(14-33-22)12-13-24-23(31)26-17-6-2-15(3-7-17)21-27-28-29-30(21)19-8-9-19/h2-7,10-11,14,19H,8-9,12-13H2,1H3,(H2,24,26,31). The van der Waals surface area contributed by atoms with Crippen LogP contribution in [0.4, 0.5) is 10.5 Å². The van der Waals surface area contributed by atoms with E-state index < -0.39 is 0 Å². The van der Waals surface area contributed by atoms with Gasteiger partial charge in [-0.1, -0.05) is 0 Å². The fraction of sp³-hybridized carbons (Fsp3) is 0.261. The van der Waals surface area contributed by atoms with Crippen molar-refractivity contribution in [3.63, 3.8) is 0 Å². The predicted octanol–water partition coefficient (Wildman–Crippen LogP) is 3.70. The molecule has 5 rings (SSSR count). The summed E-state index contributed by atoms with van der Waals surface area (Å²) in [4.78, 5) is 16.7. The van der Waals surface area contributed by atoms with Crippen LogP contribution in [0.25, 0.3) is 22.8 Å². The minimum Gasteiger partial charge on any atom is -0.497 e. The van der Waals surface area contributed by atoms with Gasteiger partial charge < -0.3 is 19.8 Å². The molecule has 10 nitrogen and oxygen atoms in total. The number of anilines is 1. The van der Waals surface area contributed by atoms with Crippen molar-refractivity contribution >= 4 is 11.7 Å². The molecule has 0 spiro atoms. The van der Waals surface area contributed by atoms with Crippen LogP contribution in [-0.2, 0) is 6.42 Å². The highest BCUT2D eigenvalue weighted by Crippen LogP contribution is 2.36. The number of rotatable bonds is 8. The highest BCUT2D eigenvalue weighted by molar-refractivity contribution is 5.89. The predicted molar refractivity (Wildman–Crippen MR) is 121 cm³/mol. The molecule has 4 aromatic rings. The van der Waals surface area contributed by atoms with Crippen LogP contribution in [0.5, 0.6) is 5.75 Å². The van der Waals surface area contributed by atoms with Crippen molar-refractivity contribution in [2.45, 2.75) is 25.3 Å². The molecule has 0 aliphatic heterocycles. The van der Waals surface area contributed by atoms with Gasteiger partial charge in [0.05, 0.1) is 18.8 Å². The first kappa shape index (κ1) is 20.7. The fourth-order valence-corrected chi connectivity index (χ4v) is 3.42. The summed E-state index contributed by atoms with van der Waals surface area (Å²) in [5.74, 6) is 2.05. The van der Waals surface area contributed by atoms with E-state index in [4.69, 9.17) is 9.15 Å². The number of ether oxygens (including phenoxy) is 1. The summed E-state index contributed by atoms with van der Waals surface area (Å²) in [5, 5.41) is 17.6. The number of tetrazole rings is 1. The Morgan fingerprint density at radius 2 is 1.88 bits per heavy atom. The van der Waals surface area contributed by atoms with Gasteiger partial charge in [-0.25, -0.2) is 14.5 Å². The maximum Gasteiger partial charge on any atom is 0.319 e. The number of amides is 2. The number of aromatic nitrogens is 5. The van der Waals surface area contributed by atoms with Gasteiger partial charge in [0, 0.05) is 29.8 Å². The smallest absolute Gasteiger partial charge is 0.319 e. The zero-order valence-electron chi connectivity index (χ0n) is 18.1. The average Bonchev–Trinajstić information content (AvgIpc) is 3.37. The average molecular weight is 445 g/mol. The van der Waals surface area contributed by atoms with Crippen molar-refractivity contribution in [3.05, 3.63) is 60.5 Å². The summed E-state index contributed by atoms with van der Waals surface area (Å²) < 4.78 is 12.6. The number of urea groups is 1. The Balaban J connectivity index is 1.11. The van der Waals surface area contributed by atoms with E-state index in [1.165, 1.54) is 0 Å². The zero-order valence-corrected chi connectivity index (χ0v) is 18.1. The van der Waals surface area contributed by atoms with E-state index in [1.54, 1.807) is 13.4 Å². The van der Waals surface area contributed by atoms with Gasteiger partial charge in [0.1, 0.15) is 12.0 Å². The van der Waals surface area contributed by atoms with Gasteiger partial charge in [0.25, 0.3) is 0 Å². The molecule has 2 amide bonds. The Morgan fingerprint density at radius 1 is 1.12 bits per heavy atom. The number of nitrogens with one attached hydrogen (secondary N) is 2. The van der Waals surface area contributed by atoms with Crippen molar-refractivity contribution < 1.29 is 13.9 Å². The second-order valence-corrected chi connectivity index (χ2v) is 7.76. The van der Waals surface area contributed by atoms with E-state index in [-0.39, 0.29) is 6.03 Å². The van der Waals surface area contributed by atoms with E-state index in [9.17, 15) is 4.79 Å². The lowest BCUT2D eigenvalue weighted by atomic mass is 10.2. The summed E-state index contributed by atoms with van der Waals surface area (Å²) in [6.07, 6.45) is 4.37. The third-order valence-electron chi connectivity index (χ3n) is 5.34. The second-order valence-electron chi connectivity index (χ2n) is 7.76. The Hall–Kier alpha value is -4.21. The molecule has 0 bridgehead atoms. The van der Waals surface area contributed by atoms with Gasteiger partial charge in [-0.05, 0) is 71.8 Å². The van der Waals surface area contributed by atoms with E-state index in [1.807, 2.05) is 53.2 Å². The van der Waals surface area contributed by atoms with Crippen LogP contribution in [-0.4, -0.2) is 44.9 Å². The van der Waals surface area contributed by atoms with Crippen molar-refractivity contribution in [1.29, 1.82) is 0 Å². The molecule has 0 saturated heterocycles. The van der Waals surface area contributed by atoms with Crippen LogP contribution in [0.1, 0.15) is 24.6 Å². The van der Waals surface area contributed by atoms with Crippen LogP contribution >= 0.6 is 0 Å². The molecule has 2 aromatic heterocycles. The number of carbonyl (C=O) groups excluding carboxylic acids is 1. The fourth-order valence-electron chi connectivity index (χ4n) is 3.42. The number of methoxy groups -OCH3 is 1. The molecular formula is C23H23N7O3. The quantitative estimate of drug-likeness (QED) is 0.424. The molecule has 1 fully saturated rings. The summed E-state index contributed by atoms with van der Waals surface area (Å²) >= 11 is 0. The van der Waals surface area contributed by atoms with Gasteiger partial charge in [-0.15, -0.1) is 5.10 Å². The Bertz CT molecular complexity index is 1230. The Kier molecular flexibility index (Phi) is 5.71. The van der Waals surface area contributed by atoms with E-state index in [2.05, 4.69) is 31.1 Å². The molecule has 2 aromatic carbocycles. The molecule has 0 radical (unpaired) electrons. The molecule has 1 aliphatic rings. The molecular weight excluding hydrogens is 422 g/mol. The third-order valence-corrected chi connectivity index (χ3v) is 5.34. The number of oxazole rings is 1. The number of hydrogen-bond donors (Lipinski definition) is 2. The summed E-state index contributed by atoms with van der Waals surface area (Å²) in [7, 11) is 1.62. The lowest BCUT2D eigenvalue weighted by Crippen LogP contribution is -2.30. The van der Waals surface area contributed by atoms with Crippen LogP contribution in [0.2, 0.25) is 0 Å². The number of carbonyl (C=O) groups is 1. The lowest BCUT2D eigenvalue weighted by Gasteiger charge is -2.08. The topological polar surface area (TPSA) is 120 Å². The lowest BCUT2D eigenvalue weighted by molar-refractivity contribution is 0.252. The monoisotopic (exact) mass is 445 g/mol. The van der Waals surface area contributed by atoms with Gasteiger partial charge >= 0.3 is 6.03 Å². The number of benzene rings is 2. The van der Waals surface area contributed by atoms with Crippen molar-refractivity contribution in [1.82, 2.24) is 30.5 Å². The zero-order chi connectivity index (χ0) is 22.6. The molecule has 33 heavy (non-hydrogen) atoms. The highest BCUT2D eigenvalue weighted by atomic mass is 16.5. The van der Waals surface area contributed by atoms with Crippen molar-refractivity contribution in [2.24, 2.45) is 0 Å². The molecule has 0 unspecified atom stereocenters. The van der Waals surface area contributed by atoms with E-state index in [0.717, 1.165) is 41.2 Å². The largest absolute Gasteiger partial charge is 0.497 e. The number of nitrogens with zero attached hydrogens (tertiary/aromatic N) is 5. The number of hydrogen-bond acceptors (Lipinski definition) is 7. The van der Waals surface area contributed by atoms with Crippen molar-refractivity contribution in [3.8, 4) is 28.6 Å². The summed E-state index contributed by atoms with van der Waals surface area (Å²) in [6, 6.07) is 15.1.